The van der Waals surface area contributed by atoms with E-state index in [0.717, 1.165) is 45.6 Å². The van der Waals surface area contributed by atoms with Crippen LogP contribution in [0.3, 0.4) is 0 Å². The summed E-state index contributed by atoms with van der Waals surface area (Å²) in [5.41, 5.74) is 5.53. The molecule has 0 spiro atoms. The maximum atomic E-state index is 11.9. The van der Waals surface area contributed by atoms with Gasteiger partial charge in [-0.15, -0.1) is 0 Å². The van der Waals surface area contributed by atoms with E-state index >= 15 is 0 Å². The molecule has 1 fully saturated rings. The number of carbonyl (C=O) groups is 1. The summed E-state index contributed by atoms with van der Waals surface area (Å²) in [5.74, 6) is 0.341. The van der Waals surface area contributed by atoms with Crippen LogP contribution in [0.1, 0.15) is 39.0 Å². The van der Waals surface area contributed by atoms with Crippen molar-refractivity contribution in [3.63, 3.8) is 0 Å². The summed E-state index contributed by atoms with van der Waals surface area (Å²) in [6.07, 6.45) is 5.45. The minimum Gasteiger partial charge on any atom is -0.340 e. The first-order valence-electron chi connectivity index (χ1n) is 6.98. The second-order valence-electron chi connectivity index (χ2n) is 4.82. The maximum absolute atomic E-state index is 11.9. The molecule has 1 aliphatic heterocycles. The molecule has 1 rings (SSSR count). The fourth-order valence-corrected chi connectivity index (χ4v) is 2.26. The first-order valence-corrected chi connectivity index (χ1v) is 6.98. The number of hydrogen-bond acceptors (Lipinski definition) is 3. The third-order valence-corrected chi connectivity index (χ3v) is 3.41. The topological polar surface area (TPSA) is 49.6 Å². The number of carbonyl (C=O) groups excluding carboxylic acids is 1. The van der Waals surface area contributed by atoms with Gasteiger partial charge in [-0.1, -0.05) is 26.2 Å². The van der Waals surface area contributed by atoms with Gasteiger partial charge >= 0.3 is 0 Å². The number of unbranched alkanes of at least 4 members (excludes halogenated alkanes) is 3. The SMILES string of the molecule is CCCCCCC(=O)N1CCN(CCN)CC1. The lowest BCUT2D eigenvalue weighted by Gasteiger charge is -2.34. The van der Waals surface area contributed by atoms with Gasteiger partial charge in [-0.05, 0) is 6.42 Å². The van der Waals surface area contributed by atoms with Gasteiger partial charge in [0, 0.05) is 45.7 Å². The second kappa shape index (κ2) is 8.48. The van der Waals surface area contributed by atoms with Gasteiger partial charge in [-0.3, -0.25) is 9.69 Å². The molecule has 1 aliphatic rings. The van der Waals surface area contributed by atoms with Crippen molar-refractivity contribution in [3.05, 3.63) is 0 Å². The number of piperazine rings is 1. The van der Waals surface area contributed by atoms with E-state index in [4.69, 9.17) is 5.73 Å². The lowest BCUT2D eigenvalue weighted by atomic mass is 10.1. The monoisotopic (exact) mass is 241 g/mol. The van der Waals surface area contributed by atoms with Crippen LogP contribution in [0, 0.1) is 0 Å². The third kappa shape index (κ3) is 5.50. The Morgan fingerprint density at radius 3 is 2.41 bits per heavy atom. The molecule has 100 valence electrons. The first kappa shape index (κ1) is 14.5. The summed E-state index contributed by atoms with van der Waals surface area (Å²) >= 11 is 0. The van der Waals surface area contributed by atoms with Crippen molar-refractivity contribution in [2.24, 2.45) is 5.73 Å². The highest BCUT2D eigenvalue weighted by Gasteiger charge is 2.19. The largest absolute Gasteiger partial charge is 0.340 e. The van der Waals surface area contributed by atoms with Crippen LogP contribution >= 0.6 is 0 Å². The van der Waals surface area contributed by atoms with E-state index < -0.39 is 0 Å². The van der Waals surface area contributed by atoms with Gasteiger partial charge in [0.1, 0.15) is 0 Å². The van der Waals surface area contributed by atoms with Crippen molar-refractivity contribution in [1.82, 2.24) is 9.80 Å². The first-order chi connectivity index (χ1) is 8.27. The summed E-state index contributed by atoms with van der Waals surface area (Å²) in [6, 6.07) is 0. The molecule has 1 heterocycles. The van der Waals surface area contributed by atoms with Crippen molar-refractivity contribution in [2.45, 2.75) is 39.0 Å². The molecule has 1 amide bonds. The van der Waals surface area contributed by atoms with Gasteiger partial charge < -0.3 is 10.6 Å². The summed E-state index contributed by atoms with van der Waals surface area (Å²) in [7, 11) is 0. The van der Waals surface area contributed by atoms with E-state index in [1.165, 1.54) is 19.3 Å². The highest BCUT2D eigenvalue weighted by atomic mass is 16.2. The quantitative estimate of drug-likeness (QED) is 0.678. The van der Waals surface area contributed by atoms with E-state index in [9.17, 15) is 4.79 Å². The van der Waals surface area contributed by atoms with Crippen LogP contribution in [-0.4, -0.2) is 55.0 Å². The fraction of sp³-hybridized carbons (Fsp3) is 0.923. The number of rotatable bonds is 7. The summed E-state index contributed by atoms with van der Waals surface area (Å²) in [4.78, 5) is 16.3. The van der Waals surface area contributed by atoms with Crippen LogP contribution in [0.5, 0.6) is 0 Å². The molecule has 0 saturated carbocycles. The molecule has 0 aliphatic carbocycles. The van der Waals surface area contributed by atoms with Gasteiger partial charge in [-0.2, -0.15) is 0 Å². The zero-order valence-corrected chi connectivity index (χ0v) is 11.2. The minimum atomic E-state index is 0.341. The van der Waals surface area contributed by atoms with Gasteiger partial charge in [0.15, 0.2) is 0 Å². The molecule has 0 unspecified atom stereocenters. The highest BCUT2D eigenvalue weighted by Crippen LogP contribution is 2.08. The Morgan fingerprint density at radius 1 is 1.12 bits per heavy atom. The molecule has 17 heavy (non-hydrogen) atoms. The zero-order valence-electron chi connectivity index (χ0n) is 11.2. The van der Waals surface area contributed by atoms with Crippen molar-refractivity contribution >= 4 is 5.91 Å². The Hall–Kier alpha value is -0.610. The predicted octanol–water partition coefficient (Wildman–Crippen LogP) is 1.06. The van der Waals surface area contributed by atoms with Crippen molar-refractivity contribution in [2.75, 3.05) is 39.3 Å². The van der Waals surface area contributed by atoms with Crippen molar-refractivity contribution in [3.8, 4) is 0 Å². The van der Waals surface area contributed by atoms with Crippen LogP contribution in [0.15, 0.2) is 0 Å². The number of nitrogens with zero attached hydrogens (tertiary/aromatic N) is 2. The normalized spacial score (nSPS) is 17.4. The Morgan fingerprint density at radius 2 is 1.82 bits per heavy atom. The average Bonchev–Trinajstić information content (AvgIpc) is 2.36. The lowest BCUT2D eigenvalue weighted by Crippen LogP contribution is -2.49. The van der Waals surface area contributed by atoms with E-state index in [2.05, 4.69) is 11.8 Å². The third-order valence-electron chi connectivity index (χ3n) is 3.41. The summed E-state index contributed by atoms with van der Waals surface area (Å²) in [5, 5.41) is 0. The van der Waals surface area contributed by atoms with Crippen LogP contribution in [0.4, 0.5) is 0 Å². The van der Waals surface area contributed by atoms with Crippen LogP contribution in [-0.2, 0) is 4.79 Å². The maximum Gasteiger partial charge on any atom is 0.222 e. The highest BCUT2D eigenvalue weighted by molar-refractivity contribution is 5.76. The molecule has 0 aromatic heterocycles. The summed E-state index contributed by atoms with van der Waals surface area (Å²) < 4.78 is 0. The van der Waals surface area contributed by atoms with Gasteiger partial charge in [0.25, 0.3) is 0 Å². The number of amides is 1. The fourth-order valence-electron chi connectivity index (χ4n) is 2.26. The lowest BCUT2D eigenvalue weighted by molar-refractivity contribution is -0.133. The molecule has 0 radical (unpaired) electrons. The second-order valence-corrected chi connectivity index (χ2v) is 4.82. The molecule has 0 bridgehead atoms. The molecule has 0 aromatic rings. The van der Waals surface area contributed by atoms with Gasteiger partial charge in [0.05, 0.1) is 0 Å². The Balaban J connectivity index is 2.12. The molecular formula is C13H27N3O. The standard InChI is InChI=1S/C13H27N3O/c1-2-3-4-5-6-13(17)16-11-9-15(8-7-14)10-12-16/h2-12,14H2,1H3. The van der Waals surface area contributed by atoms with Crippen molar-refractivity contribution < 1.29 is 4.79 Å². The number of hydrogen-bond donors (Lipinski definition) is 1. The van der Waals surface area contributed by atoms with E-state index in [0.29, 0.717) is 12.5 Å². The molecule has 1 saturated heterocycles. The Labute approximate surface area is 105 Å². The van der Waals surface area contributed by atoms with Crippen LogP contribution in [0.2, 0.25) is 0 Å². The van der Waals surface area contributed by atoms with Gasteiger partial charge in [-0.25, -0.2) is 0 Å². The summed E-state index contributed by atoms with van der Waals surface area (Å²) in [6.45, 7) is 7.59. The smallest absolute Gasteiger partial charge is 0.222 e. The molecule has 2 N–H and O–H groups in total. The zero-order chi connectivity index (χ0) is 12.5. The van der Waals surface area contributed by atoms with E-state index in [1.807, 2.05) is 4.90 Å². The molecular weight excluding hydrogens is 214 g/mol. The number of nitrogens with two attached hydrogens (primary N) is 1. The van der Waals surface area contributed by atoms with E-state index in [-0.39, 0.29) is 0 Å². The average molecular weight is 241 g/mol. The van der Waals surface area contributed by atoms with Gasteiger partial charge in [0.2, 0.25) is 5.91 Å². The minimum absolute atomic E-state index is 0.341. The van der Waals surface area contributed by atoms with Crippen LogP contribution in [0.25, 0.3) is 0 Å². The molecule has 4 heteroatoms. The molecule has 4 nitrogen and oxygen atoms in total. The predicted molar refractivity (Wildman–Crippen MR) is 70.8 cm³/mol. The van der Waals surface area contributed by atoms with E-state index in [1.54, 1.807) is 0 Å². The van der Waals surface area contributed by atoms with Crippen LogP contribution < -0.4 is 5.73 Å². The van der Waals surface area contributed by atoms with Crippen molar-refractivity contribution in [1.29, 1.82) is 0 Å². The Kier molecular flexibility index (Phi) is 7.21. The molecule has 0 atom stereocenters. The Bertz CT molecular complexity index is 213. The molecule has 0 aromatic carbocycles.